The van der Waals surface area contributed by atoms with Gasteiger partial charge in [-0.05, 0) is 51.4 Å². The fourth-order valence-electron chi connectivity index (χ4n) is 8.95. The first-order chi connectivity index (χ1) is 30.6. The number of hydrogen-bond acceptors (Lipinski definition) is 4. The van der Waals surface area contributed by atoms with Gasteiger partial charge in [-0.25, -0.2) is 0 Å². The molecule has 0 saturated carbocycles. The summed E-state index contributed by atoms with van der Waals surface area (Å²) in [5.74, 6) is -0.153. The molecule has 0 heterocycles. The number of allylic oxidation sites excluding steroid dienone is 4. The summed E-state index contributed by atoms with van der Waals surface area (Å²) in [6, 6.07) is -0.829. The van der Waals surface area contributed by atoms with Gasteiger partial charge in [-0.2, -0.15) is 0 Å². The van der Waals surface area contributed by atoms with Crippen LogP contribution in [0, 0.1) is 0 Å². The number of unbranched alkanes of at least 4 members (excludes halogenated alkanes) is 40. The minimum atomic E-state index is -1.16. The summed E-state index contributed by atoms with van der Waals surface area (Å²) in [6.45, 7) is 4.19. The maximum atomic E-state index is 12.5. The van der Waals surface area contributed by atoms with Gasteiger partial charge in [0.15, 0.2) is 0 Å². The van der Waals surface area contributed by atoms with E-state index in [4.69, 9.17) is 0 Å². The highest BCUT2D eigenvalue weighted by Gasteiger charge is 2.26. The Kier molecular flexibility index (Phi) is 51.5. The van der Waals surface area contributed by atoms with Gasteiger partial charge in [-0.15, -0.1) is 0 Å². The van der Waals surface area contributed by atoms with E-state index in [0.717, 1.165) is 44.9 Å². The van der Waals surface area contributed by atoms with Gasteiger partial charge in [0.2, 0.25) is 5.91 Å². The largest absolute Gasteiger partial charge is 0.394 e. The topological polar surface area (TPSA) is 89.8 Å². The molecule has 0 aromatic carbocycles. The number of aliphatic hydroxyl groups excluding tert-OH is 3. The lowest BCUT2D eigenvalue weighted by molar-refractivity contribution is -0.124. The fraction of sp³-hybridized carbons (Fsp3) is 0.912. The molecule has 368 valence electrons. The van der Waals surface area contributed by atoms with Crippen LogP contribution in [0.5, 0.6) is 0 Å². The maximum Gasteiger partial charge on any atom is 0.220 e. The Balaban J connectivity index is 3.49. The number of hydrogen-bond donors (Lipinski definition) is 4. The number of aliphatic hydroxyl groups is 3. The normalized spacial score (nSPS) is 13.4. The SMILES string of the molecule is CCCCCCCCC/C=C/CC/C=C/CCCC(O)C(O)C(CO)NC(=O)CCCCCCCCCCCCCCCCCCCCCCCCCCCCCCCCCC. The quantitative estimate of drug-likeness (QED) is 0.0362. The van der Waals surface area contributed by atoms with Crippen LogP contribution >= 0.6 is 0 Å². The van der Waals surface area contributed by atoms with E-state index >= 15 is 0 Å². The predicted octanol–water partition coefficient (Wildman–Crippen LogP) is 17.3. The van der Waals surface area contributed by atoms with Crippen LogP contribution in [0.2, 0.25) is 0 Å². The Morgan fingerprint density at radius 1 is 0.387 bits per heavy atom. The lowest BCUT2D eigenvalue weighted by Gasteiger charge is -2.26. The van der Waals surface area contributed by atoms with E-state index in [1.807, 2.05) is 0 Å². The molecule has 0 aromatic rings. The summed E-state index contributed by atoms with van der Waals surface area (Å²) in [6.07, 6.45) is 66.3. The van der Waals surface area contributed by atoms with Crippen LogP contribution < -0.4 is 5.32 Å². The minimum absolute atomic E-state index is 0.153. The van der Waals surface area contributed by atoms with Crippen LogP contribution in [0.25, 0.3) is 0 Å². The first-order valence-electron chi connectivity index (χ1n) is 28.1. The average Bonchev–Trinajstić information content (AvgIpc) is 3.28. The van der Waals surface area contributed by atoms with Gasteiger partial charge in [-0.3, -0.25) is 4.79 Å². The Hall–Kier alpha value is -1.17. The summed E-state index contributed by atoms with van der Waals surface area (Å²) in [5.41, 5.74) is 0. The molecule has 0 fully saturated rings. The monoisotopic (exact) mass is 874 g/mol. The van der Waals surface area contributed by atoms with Crippen molar-refractivity contribution in [3.8, 4) is 0 Å². The van der Waals surface area contributed by atoms with Crippen molar-refractivity contribution in [2.24, 2.45) is 0 Å². The van der Waals surface area contributed by atoms with Crippen LogP contribution in [0.3, 0.4) is 0 Å². The lowest BCUT2D eigenvalue weighted by atomic mass is 10.0. The molecular weight excluding hydrogens is 763 g/mol. The molecule has 3 atom stereocenters. The molecule has 0 bridgehead atoms. The molecule has 1 amide bonds. The highest BCUT2D eigenvalue weighted by molar-refractivity contribution is 5.76. The standard InChI is InChI=1S/C57H111NO4/c1-3-5-7-9-11-13-15-17-19-21-22-23-24-25-26-27-28-29-30-31-32-33-34-35-36-38-40-42-44-46-48-50-52-56(61)58-54(53-59)57(62)55(60)51-49-47-45-43-41-39-37-20-18-16-14-12-10-8-6-4-2/h20,37,43,45,54-55,57,59-60,62H,3-19,21-36,38-42,44,46-53H2,1-2H3,(H,58,61)/b37-20+,45-43+. The van der Waals surface area contributed by atoms with Crippen molar-refractivity contribution < 1.29 is 20.1 Å². The van der Waals surface area contributed by atoms with Gasteiger partial charge < -0.3 is 20.6 Å². The van der Waals surface area contributed by atoms with E-state index in [-0.39, 0.29) is 12.5 Å². The Morgan fingerprint density at radius 2 is 0.661 bits per heavy atom. The Morgan fingerprint density at radius 3 is 0.984 bits per heavy atom. The second kappa shape index (κ2) is 52.5. The molecule has 0 aromatic heterocycles. The van der Waals surface area contributed by atoms with Gasteiger partial charge in [0, 0.05) is 6.42 Å². The van der Waals surface area contributed by atoms with E-state index < -0.39 is 18.2 Å². The van der Waals surface area contributed by atoms with E-state index in [0.29, 0.717) is 12.8 Å². The number of carbonyl (C=O) groups is 1. The maximum absolute atomic E-state index is 12.5. The van der Waals surface area contributed by atoms with E-state index in [1.165, 1.54) is 238 Å². The predicted molar refractivity (Wildman–Crippen MR) is 273 cm³/mol. The fourth-order valence-corrected chi connectivity index (χ4v) is 8.95. The van der Waals surface area contributed by atoms with Crippen molar-refractivity contribution >= 4 is 5.91 Å². The van der Waals surface area contributed by atoms with Crippen molar-refractivity contribution in [1.82, 2.24) is 5.32 Å². The zero-order valence-corrected chi connectivity index (χ0v) is 42.0. The molecule has 0 radical (unpaired) electrons. The van der Waals surface area contributed by atoms with Crippen LogP contribution in [-0.2, 0) is 4.79 Å². The third-order valence-electron chi connectivity index (χ3n) is 13.3. The van der Waals surface area contributed by atoms with Gasteiger partial charge in [-0.1, -0.05) is 276 Å². The van der Waals surface area contributed by atoms with Crippen molar-refractivity contribution in [3.63, 3.8) is 0 Å². The molecule has 0 aliphatic carbocycles. The minimum Gasteiger partial charge on any atom is -0.394 e. The molecular formula is C57H111NO4. The second-order valence-corrected chi connectivity index (χ2v) is 19.5. The average molecular weight is 875 g/mol. The molecule has 0 saturated heterocycles. The molecule has 62 heavy (non-hydrogen) atoms. The molecule has 0 aliphatic rings. The zero-order valence-electron chi connectivity index (χ0n) is 42.0. The third-order valence-corrected chi connectivity index (χ3v) is 13.3. The second-order valence-electron chi connectivity index (χ2n) is 19.5. The van der Waals surface area contributed by atoms with Gasteiger partial charge in [0.05, 0.1) is 18.8 Å². The van der Waals surface area contributed by atoms with Crippen molar-refractivity contribution in [3.05, 3.63) is 24.3 Å². The summed E-state index contributed by atoms with van der Waals surface area (Å²) >= 11 is 0. The van der Waals surface area contributed by atoms with Crippen LogP contribution in [0.1, 0.15) is 309 Å². The first kappa shape index (κ1) is 60.8. The third kappa shape index (κ3) is 46.8. The van der Waals surface area contributed by atoms with E-state index in [9.17, 15) is 20.1 Å². The smallest absolute Gasteiger partial charge is 0.220 e. The van der Waals surface area contributed by atoms with Crippen molar-refractivity contribution in [2.45, 2.75) is 327 Å². The highest BCUT2D eigenvalue weighted by atomic mass is 16.3. The molecule has 0 rings (SSSR count). The first-order valence-corrected chi connectivity index (χ1v) is 28.1. The highest BCUT2D eigenvalue weighted by Crippen LogP contribution is 2.18. The van der Waals surface area contributed by atoms with Gasteiger partial charge in [0.1, 0.15) is 6.10 Å². The summed E-state index contributed by atoms with van der Waals surface area (Å²) < 4.78 is 0. The zero-order chi connectivity index (χ0) is 45.1. The molecule has 5 nitrogen and oxygen atoms in total. The molecule has 5 heteroatoms. The molecule has 0 spiro atoms. The van der Waals surface area contributed by atoms with Crippen LogP contribution in [0.15, 0.2) is 24.3 Å². The van der Waals surface area contributed by atoms with E-state index in [2.05, 4.69) is 43.5 Å². The molecule has 0 aliphatic heterocycles. The summed E-state index contributed by atoms with van der Waals surface area (Å²) in [5, 5.41) is 33.6. The number of amides is 1. The summed E-state index contributed by atoms with van der Waals surface area (Å²) in [4.78, 5) is 12.5. The van der Waals surface area contributed by atoms with E-state index in [1.54, 1.807) is 0 Å². The van der Waals surface area contributed by atoms with Gasteiger partial charge >= 0.3 is 0 Å². The molecule has 4 N–H and O–H groups in total. The Labute approximate surface area is 388 Å². The van der Waals surface area contributed by atoms with Crippen LogP contribution in [0.4, 0.5) is 0 Å². The van der Waals surface area contributed by atoms with Crippen LogP contribution in [-0.4, -0.2) is 46.1 Å². The van der Waals surface area contributed by atoms with Crippen molar-refractivity contribution in [2.75, 3.05) is 6.61 Å². The number of rotatable bonds is 52. The lowest BCUT2D eigenvalue weighted by Crippen LogP contribution is -2.50. The number of nitrogens with one attached hydrogen (secondary N) is 1. The number of carbonyl (C=O) groups excluding carboxylic acids is 1. The van der Waals surface area contributed by atoms with Crippen molar-refractivity contribution in [1.29, 1.82) is 0 Å². The molecule has 3 unspecified atom stereocenters. The Bertz CT molecular complexity index is 920. The summed E-state index contributed by atoms with van der Waals surface area (Å²) in [7, 11) is 0. The van der Waals surface area contributed by atoms with Gasteiger partial charge in [0.25, 0.3) is 0 Å².